The van der Waals surface area contributed by atoms with Gasteiger partial charge in [0.15, 0.2) is 0 Å². The van der Waals surface area contributed by atoms with Crippen LogP contribution in [-0.2, 0) is 22.7 Å². The number of rotatable bonds is 7. The maximum absolute atomic E-state index is 13.3. The number of fused-ring (bicyclic) bond motifs is 1. The minimum absolute atomic E-state index is 0. The molecule has 3 aliphatic rings. The zero-order valence-electron chi connectivity index (χ0n) is 21.9. The molecule has 0 spiro atoms. The summed E-state index contributed by atoms with van der Waals surface area (Å²) in [6, 6.07) is 10.6. The number of hydrogen-bond donors (Lipinski definition) is 2. The maximum Gasteiger partial charge on any atom is 0.264 e. The molecule has 202 valence electrons. The number of nitrogens with zero attached hydrogens (tertiary/aromatic N) is 2. The van der Waals surface area contributed by atoms with Crippen molar-refractivity contribution in [3.05, 3.63) is 64.2 Å². The standard InChI is InChI=1S/C29H34N4O4.ClH/c1-3-19-11-13-32(14-12-19)17-21-15-20(8-7-18(21)2)16-30-23-6-4-5-22-26(23)29(37)33(28(22)36)24-9-10-25(34)31-27(24)35;/h4-8,15,19,24,30H,3,9-14,16-17H2,1-2H3,(H,31,34,35);1H. The molecule has 2 aromatic rings. The van der Waals surface area contributed by atoms with Crippen molar-refractivity contribution in [2.75, 3.05) is 18.4 Å². The Labute approximate surface area is 229 Å². The van der Waals surface area contributed by atoms with E-state index in [0.717, 1.165) is 36.0 Å². The molecule has 5 rings (SSSR count). The van der Waals surface area contributed by atoms with E-state index in [1.807, 2.05) is 0 Å². The molecular weight excluding hydrogens is 504 g/mol. The van der Waals surface area contributed by atoms with Gasteiger partial charge in [-0.2, -0.15) is 0 Å². The molecule has 9 heteroatoms. The molecule has 0 radical (unpaired) electrons. The van der Waals surface area contributed by atoms with Crippen molar-refractivity contribution >= 4 is 41.7 Å². The van der Waals surface area contributed by atoms with Crippen LogP contribution in [0.25, 0.3) is 0 Å². The van der Waals surface area contributed by atoms with Crippen LogP contribution in [0.1, 0.15) is 76.4 Å². The number of halogens is 1. The Morgan fingerprint density at radius 3 is 2.47 bits per heavy atom. The highest BCUT2D eigenvalue weighted by molar-refractivity contribution is 6.25. The molecule has 0 aliphatic carbocycles. The highest BCUT2D eigenvalue weighted by Crippen LogP contribution is 2.32. The third kappa shape index (κ3) is 5.47. The first-order valence-electron chi connectivity index (χ1n) is 13.2. The summed E-state index contributed by atoms with van der Waals surface area (Å²) in [5.74, 6) is -1.14. The highest BCUT2D eigenvalue weighted by Gasteiger charge is 2.45. The molecule has 2 saturated heterocycles. The van der Waals surface area contributed by atoms with E-state index in [1.54, 1.807) is 18.2 Å². The molecule has 38 heavy (non-hydrogen) atoms. The maximum atomic E-state index is 13.3. The summed E-state index contributed by atoms with van der Waals surface area (Å²) in [6.45, 7) is 8.13. The van der Waals surface area contributed by atoms with Crippen molar-refractivity contribution in [3.63, 3.8) is 0 Å². The van der Waals surface area contributed by atoms with Crippen molar-refractivity contribution in [1.29, 1.82) is 0 Å². The van der Waals surface area contributed by atoms with Crippen LogP contribution in [0.3, 0.4) is 0 Å². The van der Waals surface area contributed by atoms with E-state index in [-0.39, 0.29) is 42.3 Å². The van der Waals surface area contributed by atoms with E-state index in [4.69, 9.17) is 0 Å². The van der Waals surface area contributed by atoms with Gasteiger partial charge >= 0.3 is 0 Å². The minimum atomic E-state index is -0.972. The molecule has 0 aromatic heterocycles. The number of anilines is 1. The second-order valence-electron chi connectivity index (χ2n) is 10.4. The van der Waals surface area contributed by atoms with E-state index in [0.29, 0.717) is 12.2 Å². The predicted octanol–water partition coefficient (Wildman–Crippen LogP) is 4.05. The molecule has 2 aromatic carbocycles. The van der Waals surface area contributed by atoms with Crippen LogP contribution in [0.4, 0.5) is 5.69 Å². The van der Waals surface area contributed by atoms with Gasteiger partial charge in [0.2, 0.25) is 11.8 Å². The lowest BCUT2D eigenvalue weighted by atomic mass is 9.94. The zero-order chi connectivity index (χ0) is 26.1. The van der Waals surface area contributed by atoms with Crippen LogP contribution in [-0.4, -0.2) is 52.6 Å². The molecule has 2 fully saturated rings. The average Bonchev–Trinajstić information content (AvgIpc) is 3.15. The van der Waals surface area contributed by atoms with Gasteiger partial charge in [0.25, 0.3) is 11.8 Å². The van der Waals surface area contributed by atoms with Crippen LogP contribution in [0.5, 0.6) is 0 Å². The van der Waals surface area contributed by atoms with Crippen molar-refractivity contribution in [2.24, 2.45) is 5.92 Å². The Hall–Kier alpha value is -3.23. The molecule has 2 N–H and O–H groups in total. The van der Waals surface area contributed by atoms with Gasteiger partial charge in [-0.3, -0.25) is 34.3 Å². The summed E-state index contributed by atoms with van der Waals surface area (Å²) >= 11 is 0. The summed E-state index contributed by atoms with van der Waals surface area (Å²) in [5.41, 5.74) is 4.79. The van der Waals surface area contributed by atoms with Crippen LogP contribution >= 0.6 is 12.4 Å². The fraction of sp³-hybridized carbons (Fsp3) is 0.448. The Morgan fingerprint density at radius 1 is 1.00 bits per heavy atom. The Bertz CT molecular complexity index is 1260. The Kier molecular flexibility index (Phi) is 8.53. The van der Waals surface area contributed by atoms with E-state index in [1.165, 1.54) is 30.4 Å². The van der Waals surface area contributed by atoms with Crippen molar-refractivity contribution in [2.45, 2.75) is 65.1 Å². The van der Waals surface area contributed by atoms with Crippen molar-refractivity contribution in [1.82, 2.24) is 15.1 Å². The van der Waals surface area contributed by atoms with E-state index >= 15 is 0 Å². The summed E-state index contributed by atoms with van der Waals surface area (Å²) in [5, 5.41) is 5.59. The molecule has 4 amide bonds. The lowest BCUT2D eigenvalue weighted by Gasteiger charge is -2.32. The van der Waals surface area contributed by atoms with Crippen LogP contribution in [0, 0.1) is 12.8 Å². The van der Waals surface area contributed by atoms with Gasteiger partial charge in [0.05, 0.1) is 11.1 Å². The molecule has 3 aliphatic heterocycles. The number of carbonyl (C=O) groups is 4. The molecule has 8 nitrogen and oxygen atoms in total. The lowest BCUT2D eigenvalue weighted by Crippen LogP contribution is -2.54. The third-order valence-electron chi connectivity index (χ3n) is 8.04. The molecule has 0 saturated carbocycles. The monoisotopic (exact) mass is 538 g/mol. The highest BCUT2D eigenvalue weighted by atomic mass is 35.5. The Balaban J connectivity index is 0.00000336. The number of benzene rings is 2. The lowest BCUT2D eigenvalue weighted by molar-refractivity contribution is -0.136. The van der Waals surface area contributed by atoms with E-state index < -0.39 is 23.8 Å². The molecule has 1 unspecified atom stereocenters. The number of nitrogens with one attached hydrogen (secondary N) is 2. The first-order valence-corrected chi connectivity index (χ1v) is 13.2. The summed E-state index contributed by atoms with van der Waals surface area (Å²) < 4.78 is 0. The van der Waals surface area contributed by atoms with Crippen LogP contribution in [0.2, 0.25) is 0 Å². The van der Waals surface area contributed by atoms with Crippen molar-refractivity contribution in [3.8, 4) is 0 Å². The number of imide groups is 2. The van der Waals surface area contributed by atoms with Gasteiger partial charge in [0.1, 0.15) is 6.04 Å². The number of likely N-dealkylation sites (tertiary alicyclic amines) is 1. The smallest absolute Gasteiger partial charge is 0.264 e. The first-order chi connectivity index (χ1) is 17.9. The summed E-state index contributed by atoms with van der Waals surface area (Å²) in [4.78, 5) is 53.8. The largest absolute Gasteiger partial charge is 0.380 e. The molecular formula is C29H35ClN4O4. The molecule has 3 heterocycles. The van der Waals surface area contributed by atoms with Crippen LogP contribution in [0.15, 0.2) is 36.4 Å². The van der Waals surface area contributed by atoms with Gasteiger partial charge in [-0.15, -0.1) is 12.4 Å². The van der Waals surface area contributed by atoms with E-state index in [2.05, 4.69) is 47.6 Å². The normalized spacial score (nSPS) is 20.3. The third-order valence-corrected chi connectivity index (χ3v) is 8.04. The number of carbonyl (C=O) groups excluding carboxylic acids is 4. The van der Waals surface area contributed by atoms with Gasteiger partial charge in [-0.1, -0.05) is 37.6 Å². The SMILES string of the molecule is CCC1CCN(Cc2cc(CNc3cccc4c3C(=O)N(C3CCC(=O)NC3=O)C4=O)ccc2C)CC1.Cl. The van der Waals surface area contributed by atoms with Gasteiger partial charge in [-0.25, -0.2) is 0 Å². The summed E-state index contributed by atoms with van der Waals surface area (Å²) in [6.07, 6.45) is 4.02. The first kappa shape index (κ1) is 27.8. The quantitative estimate of drug-likeness (QED) is 0.516. The second-order valence-corrected chi connectivity index (χ2v) is 10.4. The second kappa shape index (κ2) is 11.7. The Morgan fingerprint density at radius 2 is 1.76 bits per heavy atom. The number of hydrogen-bond acceptors (Lipinski definition) is 6. The van der Waals surface area contributed by atoms with Gasteiger partial charge in [-0.05, 0) is 74.0 Å². The van der Waals surface area contributed by atoms with Gasteiger partial charge in [0, 0.05) is 25.2 Å². The number of aryl methyl sites for hydroxylation is 1. The minimum Gasteiger partial charge on any atom is -0.380 e. The summed E-state index contributed by atoms with van der Waals surface area (Å²) in [7, 11) is 0. The van der Waals surface area contributed by atoms with Crippen LogP contribution < -0.4 is 10.6 Å². The van der Waals surface area contributed by atoms with Gasteiger partial charge < -0.3 is 5.32 Å². The number of amides is 4. The fourth-order valence-corrected chi connectivity index (χ4v) is 5.66. The fourth-order valence-electron chi connectivity index (χ4n) is 5.66. The molecule has 0 bridgehead atoms. The van der Waals surface area contributed by atoms with Crippen molar-refractivity contribution < 1.29 is 19.2 Å². The van der Waals surface area contributed by atoms with E-state index in [9.17, 15) is 19.2 Å². The predicted molar refractivity (Wildman–Crippen MR) is 147 cm³/mol. The zero-order valence-corrected chi connectivity index (χ0v) is 22.7. The average molecular weight is 539 g/mol. The number of piperidine rings is 2. The topological polar surface area (TPSA) is 98.8 Å². The molecule has 1 atom stereocenters.